The molecule has 1 N–H and O–H groups in total. The van der Waals surface area contributed by atoms with Crippen molar-refractivity contribution in [1.29, 1.82) is 0 Å². The number of nitrogens with one attached hydrogen (secondary N) is 1. The van der Waals surface area contributed by atoms with Gasteiger partial charge in [-0.1, -0.05) is 19.1 Å². The molecule has 98 valence electrons. The van der Waals surface area contributed by atoms with Gasteiger partial charge in [0.25, 0.3) is 0 Å². The minimum Gasteiger partial charge on any atom is -0.309 e. The van der Waals surface area contributed by atoms with Gasteiger partial charge in [-0.3, -0.25) is 9.36 Å². The van der Waals surface area contributed by atoms with Crippen LogP contribution in [0.2, 0.25) is 0 Å². The molecule has 6 nitrogen and oxygen atoms in total. The summed E-state index contributed by atoms with van der Waals surface area (Å²) in [6, 6.07) is 2.46. The van der Waals surface area contributed by atoms with E-state index in [9.17, 15) is 0 Å². The molecule has 0 amide bonds. The average molecular weight is 248 g/mol. The number of hydrogen-bond acceptors (Lipinski definition) is 4. The Morgan fingerprint density at radius 3 is 2.72 bits per heavy atom. The van der Waals surface area contributed by atoms with Gasteiger partial charge in [-0.15, -0.1) is 5.10 Å². The van der Waals surface area contributed by atoms with Crippen LogP contribution in [-0.4, -0.2) is 30.8 Å². The molecule has 0 spiro atoms. The summed E-state index contributed by atoms with van der Waals surface area (Å²) in [6.07, 6.45) is 3.96. The average Bonchev–Trinajstić information content (AvgIpc) is 2.93. The van der Waals surface area contributed by atoms with Crippen LogP contribution in [-0.2, 0) is 19.6 Å². The van der Waals surface area contributed by atoms with E-state index in [4.69, 9.17) is 0 Å². The lowest BCUT2D eigenvalue weighted by atomic mass is 10.3. The summed E-state index contributed by atoms with van der Waals surface area (Å²) in [5.41, 5.74) is 2.01. The zero-order valence-electron chi connectivity index (χ0n) is 11.2. The molecule has 2 heterocycles. The maximum atomic E-state index is 4.33. The highest BCUT2D eigenvalue weighted by molar-refractivity contribution is 4.95. The number of aromatic nitrogens is 5. The quantitative estimate of drug-likeness (QED) is 0.828. The predicted octanol–water partition coefficient (Wildman–Crippen LogP) is 0.981. The third kappa shape index (κ3) is 3.66. The van der Waals surface area contributed by atoms with E-state index in [1.54, 1.807) is 0 Å². The van der Waals surface area contributed by atoms with Gasteiger partial charge in [-0.25, -0.2) is 0 Å². The zero-order chi connectivity index (χ0) is 13.0. The molecule has 0 fully saturated rings. The Balaban J connectivity index is 1.83. The van der Waals surface area contributed by atoms with E-state index in [-0.39, 0.29) is 0 Å². The molecule has 0 radical (unpaired) electrons. The second kappa shape index (κ2) is 5.77. The molecule has 0 aliphatic heterocycles. The van der Waals surface area contributed by atoms with Crippen molar-refractivity contribution in [1.82, 2.24) is 30.1 Å². The maximum absolute atomic E-state index is 4.33. The lowest BCUT2D eigenvalue weighted by Gasteiger charge is -2.04. The summed E-state index contributed by atoms with van der Waals surface area (Å²) >= 11 is 0. The first-order valence-corrected chi connectivity index (χ1v) is 6.26. The second-order valence-electron chi connectivity index (χ2n) is 4.73. The van der Waals surface area contributed by atoms with Gasteiger partial charge in [0.1, 0.15) is 0 Å². The molecule has 0 atom stereocenters. The van der Waals surface area contributed by atoms with Gasteiger partial charge in [0.15, 0.2) is 0 Å². The molecular weight excluding hydrogens is 228 g/mol. The summed E-state index contributed by atoms with van der Waals surface area (Å²) in [7, 11) is 0. The number of nitrogens with zero attached hydrogens (tertiary/aromatic N) is 5. The summed E-state index contributed by atoms with van der Waals surface area (Å²) in [5.74, 6) is 0. The highest BCUT2D eigenvalue weighted by Crippen LogP contribution is 1.97. The lowest BCUT2D eigenvalue weighted by molar-refractivity contribution is 0.488. The summed E-state index contributed by atoms with van der Waals surface area (Å²) in [6.45, 7) is 8.58. The predicted molar refractivity (Wildman–Crippen MR) is 69.0 cm³/mol. The van der Waals surface area contributed by atoms with Crippen molar-refractivity contribution >= 4 is 0 Å². The molecular formula is C12H20N6. The Morgan fingerprint density at radius 1 is 1.28 bits per heavy atom. The van der Waals surface area contributed by atoms with Crippen molar-refractivity contribution in [3.63, 3.8) is 0 Å². The summed E-state index contributed by atoms with van der Waals surface area (Å²) < 4.78 is 3.78. The van der Waals surface area contributed by atoms with Crippen LogP contribution >= 0.6 is 0 Å². The molecule has 0 aliphatic rings. The third-order valence-electron chi connectivity index (χ3n) is 2.61. The number of hydrogen-bond donors (Lipinski definition) is 1. The van der Waals surface area contributed by atoms with Gasteiger partial charge in [0.05, 0.1) is 24.5 Å². The van der Waals surface area contributed by atoms with Crippen LogP contribution in [0.3, 0.4) is 0 Å². The minimum absolute atomic E-state index is 0.460. The number of aryl methyl sites for hydroxylation is 3. The van der Waals surface area contributed by atoms with Crippen LogP contribution < -0.4 is 5.32 Å². The lowest BCUT2D eigenvalue weighted by Crippen LogP contribution is -2.21. The van der Waals surface area contributed by atoms with E-state index in [1.807, 2.05) is 34.7 Å². The topological polar surface area (TPSA) is 60.6 Å². The molecule has 2 aromatic rings. The van der Waals surface area contributed by atoms with E-state index < -0.39 is 0 Å². The second-order valence-corrected chi connectivity index (χ2v) is 4.73. The van der Waals surface area contributed by atoms with E-state index in [0.29, 0.717) is 6.04 Å². The van der Waals surface area contributed by atoms with Crippen molar-refractivity contribution in [3.8, 4) is 0 Å². The van der Waals surface area contributed by atoms with Gasteiger partial charge in [0.2, 0.25) is 0 Å². The van der Waals surface area contributed by atoms with Crippen LogP contribution in [0.15, 0.2) is 18.5 Å². The molecule has 0 aliphatic carbocycles. The fraction of sp³-hybridized carbons (Fsp3) is 0.583. The van der Waals surface area contributed by atoms with Gasteiger partial charge in [-0.2, -0.15) is 5.10 Å². The van der Waals surface area contributed by atoms with Crippen LogP contribution in [0.1, 0.15) is 25.2 Å². The molecule has 0 saturated heterocycles. The smallest absolute Gasteiger partial charge is 0.0964 e. The van der Waals surface area contributed by atoms with Crippen LogP contribution in [0.5, 0.6) is 0 Å². The van der Waals surface area contributed by atoms with Crippen molar-refractivity contribution < 1.29 is 0 Å². The molecule has 2 rings (SSSR count). The van der Waals surface area contributed by atoms with Crippen molar-refractivity contribution in [2.24, 2.45) is 0 Å². The molecule has 2 aromatic heterocycles. The molecule has 18 heavy (non-hydrogen) atoms. The summed E-state index contributed by atoms with van der Waals surface area (Å²) in [4.78, 5) is 0. The largest absolute Gasteiger partial charge is 0.309 e. The van der Waals surface area contributed by atoms with Gasteiger partial charge < -0.3 is 5.32 Å². The fourth-order valence-electron chi connectivity index (χ4n) is 1.63. The van der Waals surface area contributed by atoms with Gasteiger partial charge >= 0.3 is 0 Å². The van der Waals surface area contributed by atoms with Gasteiger partial charge in [-0.05, 0) is 13.0 Å². The first-order chi connectivity index (χ1) is 8.63. The monoisotopic (exact) mass is 248 g/mol. The number of rotatable bonds is 6. The molecule has 0 bridgehead atoms. The normalized spacial score (nSPS) is 11.3. The standard InChI is InChI=1S/C12H20N6/c1-10(2)13-8-12-9-18(16-14-12)7-6-17-5-4-11(3)15-17/h4-5,9-10,13H,6-8H2,1-3H3. The first kappa shape index (κ1) is 12.8. The first-order valence-electron chi connectivity index (χ1n) is 6.26. The molecule has 0 aromatic carbocycles. The molecule has 6 heteroatoms. The SMILES string of the molecule is Cc1ccn(CCn2cc(CNC(C)C)nn2)n1. The van der Waals surface area contributed by atoms with Crippen molar-refractivity contribution in [2.75, 3.05) is 0 Å². The Hall–Kier alpha value is -1.69. The van der Waals surface area contributed by atoms with Crippen LogP contribution in [0.4, 0.5) is 0 Å². The Kier molecular flexibility index (Phi) is 4.09. The van der Waals surface area contributed by atoms with E-state index in [2.05, 4.69) is 34.6 Å². The Bertz CT molecular complexity index is 484. The Morgan fingerprint density at radius 2 is 2.06 bits per heavy atom. The van der Waals surface area contributed by atoms with Crippen molar-refractivity contribution in [3.05, 3.63) is 29.8 Å². The van der Waals surface area contributed by atoms with Crippen LogP contribution in [0.25, 0.3) is 0 Å². The van der Waals surface area contributed by atoms with Crippen LogP contribution in [0, 0.1) is 6.92 Å². The van der Waals surface area contributed by atoms with Crippen molar-refractivity contribution in [2.45, 2.75) is 46.4 Å². The zero-order valence-corrected chi connectivity index (χ0v) is 11.2. The minimum atomic E-state index is 0.460. The summed E-state index contributed by atoms with van der Waals surface area (Å²) in [5, 5.41) is 15.9. The highest BCUT2D eigenvalue weighted by atomic mass is 15.4. The van der Waals surface area contributed by atoms with E-state index >= 15 is 0 Å². The highest BCUT2D eigenvalue weighted by Gasteiger charge is 2.02. The van der Waals surface area contributed by atoms with Gasteiger partial charge in [0, 0.05) is 25.0 Å². The molecule has 0 unspecified atom stereocenters. The van der Waals surface area contributed by atoms with E-state index in [0.717, 1.165) is 31.0 Å². The fourth-order valence-corrected chi connectivity index (χ4v) is 1.63. The molecule has 0 saturated carbocycles. The van der Waals surface area contributed by atoms with E-state index in [1.165, 1.54) is 0 Å². The Labute approximate surface area is 107 Å². The third-order valence-corrected chi connectivity index (χ3v) is 2.61. The maximum Gasteiger partial charge on any atom is 0.0964 e.